The number of carbonyl (C=O) groups excluding carboxylic acids is 1. The summed E-state index contributed by atoms with van der Waals surface area (Å²) in [7, 11) is 0. The lowest BCUT2D eigenvalue weighted by Gasteiger charge is -2.12. The van der Waals surface area contributed by atoms with E-state index in [4.69, 9.17) is 0 Å². The molecule has 0 aliphatic rings. The number of hydrogen-bond donors (Lipinski definition) is 1. The molecule has 0 fully saturated rings. The zero-order chi connectivity index (χ0) is 22.1. The zero-order valence-corrected chi connectivity index (χ0v) is 18.4. The summed E-state index contributed by atoms with van der Waals surface area (Å²) in [5.74, 6) is -0.764. The molecular weight excluding hydrogens is 465 g/mol. The molecule has 1 N–H and O–H groups in total. The van der Waals surface area contributed by atoms with Crippen molar-refractivity contribution in [2.75, 3.05) is 5.32 Å². The number of fused-ring (bicyclic) bond motifs is 1. The van der Waals surface area contributed by atoms with Crippen LogP contribution in [0.25, 0.3) is 16.6 Å². The molecule has 0 aliphatic heterocycles. The Labute approximate surface area is 185 Å². The van der Waals surface area contributed by atoms with Crippen molar-refractivity contribution >= 4 is 38.4 Å². The Balaban J connectivity index is 1.76. The molecule has 9 heteroatoms. The van der Waals surface area contributed by atoms with Crippen molar-refractivity contribution in [3.8, 4) is 5.69 Å². The van der Waals surface area contributed by atoms with E-state index in [1.807, 2.05) is 26.0 Å². The van der Waals surface area contributed by atoms with Crippen molar-refractivity contribution in [2.45, 2.75) is 26.3 Å². The van der Waals surface area contributed by atoms with Gasteiger partial charge in [-0.05, 0) is 54.4 Å². The monoisotopic (exact) mass is 483 g/mol. The summed E-state index contributed by atoms with van der Waals surface area (Å²) < 4.78 is 16.8. The number of nitrogens with zero attached hydrogens (tertiary/aromatic N) is 4. The highest BCUT2D eigenvalue weighted by molar-refractivity contribution is 9.10. The molecule has 0 radical (unpaired) electrons. The molecule has 31 heavy (non-hydrogen) atoms. The molecule has 4 aromatic rings. The standard InChI is InChI=1S/C22H19BrFN5O2/c1-13(2)20-18-11-25-29(17-9-5-15(24)6-10-17)21(18)22(31)28(27-20)12-19(30)26-16-7-3-14(23)4-8-16/h3-11,13H,12H2,1-2H3,(H,26,30). The summed E-state index contributed by atoms with van der Waals surface area (Å²) in [5.41, 5.74) is 1.65. The Morgan fingerprint density at radius 1 is 1.13 bits per heavy atom. The summed E-state index contributed by atoms with van der Waals surface area (Å²) in [6, 6.07) is 12.8. The maximum atomic E-state index is 13.3. The lowest BCUT2D eigenvalue weighted by atomic mass is 10.1. The second-order valence-electron chi connectivity index (χ2n) is 7.35. The van der Waals surface area contributed by atoms with Gasteiger partial charge in [0.25, 0.3) is 5.56 Å². The summed E-state index contributed by atoms with van der Waals surface area (Å²) in [4.78, 5) is 25.8. The number of nitrogens with one attached hydrogen (secondary N) is 1. The van der Waals surface area contributed by atoms with Gasteiger partial charge in [0.2, 0.25) is 5.91 Å². The topological polar surface area (TPSA) is 81.8 Å². The van der Waals surface area contributed by atoms with Gasteiger partial charge in [-0.25, -0.2) is 13.8 Å². The first kappa shape index (κ1) is 20.9. The predicted molar refractivity (Wildman–Crippen MR) is 120 cm³/mol. The van der Waals surface area contributed by atoms with E-state index in [-0.39, 0.29) is 24.2 Å². The third kappa shape index (κ3) is 4.27. The third-order valence-electron chi connectivity index (χ3n) is 4.75. The SMILES string of the molecule is CC(C)c1nn(CC(=O)Nc2ccc(Br)cc2)c(=O)c2c1cnn2-c1ccc(F)cc1. The van der Waals surface area contributed by atoms with E-state index >= 15 is 0 Å². The minimum atomic E-state index is -0.452. The predicted octanol–water partition coefficient (Wildman–Crippen LogP) is 4.25. The summed E-state index contributed by atoms with van der Waals surface area (Å²) in [5, 5.41) is 12.1. The second kappa shape index (κ2) is 8.43. The molecule has 0 saturated heterocycles. The maximum Gasteiger partial charge on any atom is 0.293 e. The van der Waals surface area contributed by atoms with Gasteiger partial charge in [0.05, 0.1) is 17.6 Å². The van der Waals surface area contributed by atoms with Crippen LogP contribution in [0.4, 0.5) is 10.1 Å². The van der Waals surface area contributed by atoms with Crippen LogP contribution in [0.15, 0.2) is 64.0 Å². The van der Waals surface area contributed by atoms with E-state index in [0.29, 0.717) is 28.0 Å². The summed E-state index contributed by atoms with van der Waals surface area (Å²) in [6.07, 6.45) is 1.58. The fourth-order valence-electron chi connectivity index (χ4n) is 3.27. The lowest BCUT2D eigenvalue weighted by molar-refractivity contribution is -0.117. The molecule has 4 rings (SSSR count). The van der Waals surface area contributed by atoms with Crippen LogP contribution >= 0.6 is 15.9 Å². The Bertz CT molecular complexity index is 1310. The number of amides is 1. The molecular formula is C22H19BrFN5O2. The molecule has 0 spiro atoms. The van der Waals surface area contributed by atoms with Gasteiger partial charge in [0.1, 0.15) is 17.9 Å². The van der Waals surface area contributed by atoms with E-state index in [1.54, 1.807) is 30.5 Å². The van der Waals surface area contributed by atoms with Gasteiger partial charge in [0, 0.05) is 15.5 Å². The first-order valence-electron chi connectivity index (χ1n) is 9.63. The largest absolute Gasteiger partial charge is 0.324 e. The highest BCUT2D eigenvalue weighted by atomic mass is 79.9. The van der Waals surface area contributed by atoms with E-state index in [2.05, 4.69) is 31.4 Å². The average Bonchev–Trinajstić information content (AvgIpc) is 3.17. The fourth-order valence-corrected chi connectivity index (χ4v) is 3.54. The highest BCUT2D eigenvalue weighted by Gasteiger charge is 2.20. The summed E-state index contributed by atoms with van der Waals surface area (Å²) >= 11 is 3.35. The summed E-state index contributed by atoms with van der Waals surface area (Å²) in [6.45, 7) is 3.65. The van der Waals surface area contributed by atoms with E-state index < -0.39 is 5.56 Å². The van der Waals surface area contributed by atoms with Crippen LogP contribution in [0.5, 0.6) is 0 Å². The van der Waals surface area contributed by atoms with Crippen LogP contribution < -0.4 is 10.9 Å². The van der Waals surface area contributed by atoms with Crippen molar-refractivity contribution in [3.05, 3.63) is 81.1 Å². The number of rotatable bonds is 5. The fraction of sp³-hybridized carbons (Fsp3) is 0.182. The smallest absolute Gasteiger partial charge is 0.293 e. The molecule has 0 bridgehead atoms. The highest BCUT2D eigenvalue weighted by Crippen LogP contribution is 2.23. The molecule has 0 atom stereocenters. The number of benzene rings is 2. The Morgan fingerprint density at radius 3 is 2.45 bits per heavy atom. The van der Waals surface area contributed by atoms with Gasteiger partial charge in [-0.15, -0.1) is 0 Å². The van der Waals surface area contributed by atoms with Gasteiger partial charge in [-0.1, -0.05) is 29.8 Å². The van der Waals surface area contributed by atoms with Gasteiger partial charge in [-0.3, -0.25) is 9.59 Å². The first-order valence-corrected chi connectivity index (χ1v) is 10.4. The Hall–Kier alpha value is -3.33. The van der Waals surface area contributed by atoms with Crippen molar-refractivity contribution in [3.63, 3.8) is 0 Å². The molecule has 0 unspecified atom stereocenters. The number of aromatic nitrogens is 4. The number of anilines is 1. The van der Waals surface area contributed by atoms with E-state index in [1.165, 1.54) is 16.8 Å². The third-order valence-corrected chi connectivity index (χ3v) is 5.28. The molecule has 0 aliphatic carbocycles. The molecule has 2 heterocycles. The van der Waals surface area contributed by atoms with Gasteiger partial charge in [0.15, 0.2) is 0 Å². The Morgan fingerprint density at radius 2 is 1.81 bits per heavy atom. The van der Waals surface area contributed by atoms with Gasteiger partial charge in [-0.2, -0.15) is 10.2 Å². The molecule has 1 amide bonds. The lowest BCUT2D eigenvalue weighted by Crippen LogP contribution is -2.31. The molecule has 2 aromatic carbocycles. The van der Waals surface area contributed by atoms with E-state index in [0.717, 1.165) is 9.15 Å². The van der Waals surface area contributed by atoms with E-state index in [9.17, 15) is 14.0 Å². The van der Waals surface area contributed by atoms with Crippen molar-refractivity contribution < 1.29 is 9.18 Å². The van der Waals surface area contributed by atoms with Crippen LogP contribution in [0.2, 0.25) is 0 Å². The number of carbonyl (C=O) groups is 1. The number of halogens is 2. The first-order chi connectivity index (χ1) is 14.8. The van der Waals surface area contributed by atoms with Gasteiger partial charge >= 0.3 is 0 Å². The van der Waals surface area contributed by atoms with Crippen LogP contribution in [0.3, 0.4) is 0 Å². The van der Waals surface area contributed by atoms with Crippen LogP contribution in [-0.2, 0) is 11.3 Å². The van der Waals surface area contributed by atoms with Crippen LogP contribution in [-0.4, -0.2) is 25.5 Å². The minimum Gasteiger partial charge on any atom is -0.324 e. The van der Waals surface area contributed by atoms with Crippen LogP contribution in [0.1, 0.15) is 25.5 Å². The molecule has 2 aromatic heterocycles. The van der Waals surface area contributed by atoms with Crippen molar-refractivity contribution in [2.24, 2.45) is 0 Å². The zero-order valence-electron chi connectivity index (χ0n) is 16.8. The Kier molecular flexibility index (Phi) is 5.69. The molecule has 158 valence electrons. The second-order valence-corrected chi connectivity index (χ2v) is 8.27. The van der Waals surface area contributed by atoms with Crippen molar-refractivity contribution in [1.82, 2.24) is 19.6 Å². The van der Waals surface area contributed by atoms with Crippen molar-refractivity contribution in [1.29, 1.82) is 0 Å². The van der Waals surface area contributed by atoms with Crippen LogP contribution in [0, 0.1) is 5.82 Å². The normalized spacial score (nSPS) is 11.3. The molecule has 7 nitrogen and oxygen atoms in total. The van der Waals surface area contributed by atoms with Gasteiger partial charge < -0.3 is 5.32 Å². The maximum absolute atomic E-state index is 13.3. The average molecular weight is 484 g/mol. The molecule has 0 saturated carbocycles. The number of hydrogen-bond acceptors (Lipinski definition) is 4. The minimum absolute atomic E-state index is 0.00486. The quantitative estimate of drug-likeness (QED) is 0.460.